The summed E-state index contributed by atoms with van der Waals surface area (Å²) in [5, 5.41) is 16.3. The number of carbonyl (C=O) groups is 2. The highest BCUT2D eigenvalue weighted by molar-refractivity contribution is 7.07. The number of piperidine rings is 1. The summed E-state index contributed by atoms with van der Waals surface area (Å²) in [7, 11) is 0. The highest BCUT2D eigenvalue weighted by atomic mass is 32.1. The summed E-state index contributed by atoms with van der Waals surface area (Å²) in [6, 6.07) is 1.88. The Balaban J connectivity index is 1.85. The second-order valence-corrected chi connectivity index (χ2v) is 6.39. The number of hydrogen-bond acceptors (Lipinski definition) is 3. The maximum absolute atomic E-state index is 12.1. The van der Waals surface area contributed by atoms with E-state index in [0.29, 0.717) is 38.9 Å². The van der Waals surface area contributed by atoms with Crippen molar-refractivity contribution in [2.45, 2.75) is 39.2 Å². The van der Waals surface area contributed by atoms with E-state index in [1.54, 1.807) is 16.2 Å². The van der Waals surface area contributed by atoms with Gasteiger partial charge >= 0.3 is 12.0 Å². The number of carboxylic acid groups (broad SMARTS) is 1. The molecule has 0 bridgehead atoms. The van der Waals surface area contributed by atoms with Crippen LogP contribution in [0.25, 0.3) is 0 Å². The number of carboxylic acids is 1. The molecule has 5 nitrogen and oxygen atoms in total. The third kappa shape index (κ3) is 3.75. The number of thiophene rings is 1. The molecular formula is C15H22N2O3S. The van der Waals surface area contributed by atoms with Gasteiger partial charge in [0.05, 0.1) is 5.41 Å². The van der Waals surface area contributed by atoms with Gasteiger partial charge in [0.2, 0.25) is 0 Å². The van der Waals surface area contributed by atoms with Gasteiger partial charge in [-0.1, -0.05) is 13.3 Å². The fourth-order valence-corrected chi connectivity index (χ4v) is 3.54. The fraction of sp³-hybridized carbons (Fsp3) is 0.600. The van der Waals surface area contributed by atoms with Crippen LogP contribution >= 0.6 is 11.3 Å². The van der Waals surface area contributed by atoms with Crippen molar-refractivity contribution in [3.63, 3.8) is 0 Å². The van der Waals surface area contributed by atoms with Crippen molar-refractivity contribution in [3.05, 3.63) is 22.4 Å². The summed E-state index contributed by atoms with van der Waals surface area (Å²) in [6.07, 6.45) is 2.63. The summed E-state index contributed by atoms with van der Waals surface area (Å²) < 4.78 is 0. The summed E-state index contributed by atoms with van der Waals surface area (Å²) in [6.45, 7) is 3.56. The minimum Gasteiger partial charge on any atom is -0.481 e. The van der Waals surface area contributed by atoms with Crippen LogP contribution in [0.15, 0.2) is 16.8 Å². The minimum atomic E-state index is -0.720. The maximum atomic E-state index is 12.1. The van der Waals surface area contributed by atoms with E-state index in [0.717, 1.165) is 12.0 Å². The number of aliphatic carboxylic acids is 1. The third-order valence-corrected chi connectivity index (χ3v) is 4.95. The molecule has 2 heterocycles. The zero-order valence-corrected chi connectivity index (χ0v) is 13.1. The van der Waals surface area contributed by atoms with Gasteiger partial charge in [-0.05, 0) is 41.7 Å². The number of carbonyl (C=O) groups excluding carboxylic acids is 1. The number of nitrogens with one attached hydrogen (secondary N) is 1. The van der Waals surface area contributed by atoms with Crippen LogP contribution in [0.1, 0.15) is 38.2 Å². The largest absolute Gasteiger partial charge is 0.481 e. The summed E-state index contributed by atoms with van der Waals surface area (Å²) >= 11 is 1.61. The molecule has 0 atom stereocenters. The molecule has 0 aromatic carbocycles. The number of rotatable bonds is 5. The predicted molar refractivity (Wildman–Crippen MR) is 82.3 cm³/mol. The molecule has 1 aromatic heterocycles. The molecule has 0 saturated carbocycles. The van der Waals surface area contributed by atoms with Crippen molar-refractivity contribution in [1.82, 2.24) is 10.2 Å². The van der Waals surface area contributed by atoms with Crippen molar-refractivity contribution in [2.75, 3.05) is 13.1 Å². The molecule has 2 N–H and O–H groups in total. The molecule has 0 spiro atoms. The quantitative estimate of drug-likeness (QED) is 0.878. The Hall–Kier alpha value is -1.56. The average Bonchev–Trinajstić information content (AvgIpc) is 2.99. The molecule has 116 valence electrons. The van der Waals surface area contributed by atoms with Crippen molar-refractivity contribution in [1.29, 1.82) is 0 Å². The van der Waals surface area contributed by atoms with Gasteiger partial charge in [-0.15, -0.1) is 0 Å². The lowest BCUT2D eigenvalue weighted by Gasteiger charge is -2.38. The van der Waals surface area contributed by atoms with Crippen LogP contribution in [0.2, 0.25) is 0 Å². The van der Waals surface area contributed by atoms with Crippen molar-refractivity contribution in [2.24, 2.45) is 5.41 Å². The first-order valence-electron chi connectivity index (χ1n) is 7.34. The summed E-state index contributed by atoms with van der Waals surface area (Å²) in [5.74, 6) is -0.720. The molecule has 0 radical (unpaired) electrons. The molecule has 0 unspecified atom stereocenters. The summed E-state index contributed by atoms with van der Waals surface area (Å²) in [5.41, 5.74) is 0.454. The van der Waals surface area contributed by atoms with E-state index in [1.807, 2.05) is 23.8 Å². The van der Waals surface area contributed by atoms with E-state index >= 15 is 0 Å². The van der Waals surface area contributed by atoms with Crippen LogP contribution in [-0.4, -0.2) is 35.1 Å². The Kier molecular flexibility index (Phi) is 5.22. The van der Waals surface area contributed by atoms with Crippen LogP contribution in [-0.2, 0) is 11.3 Å². The Morgan fingerprint density at radius 1 is 1.43 bits per heavy atom. The van der Waals surface area contributed by atoms with Crippen molar-refractivity contribution < 1.29 is 14.7 Å². The highest BCUT2D eigenvalue weighted by Gasteiger charge is 2.41. The number of hydrogen-bond donors (Lipinski definition) is 2. The van der Waals surface area contributed by atoms with Gasteiger partial charge in [-0.2, -0.15) is 11.3 Å². The van der Waals surface area contributed by atoms with Gasteiger partial charge in [-0.3, -0.25) is 4.79 Å². The summed E-state index contributed by atoms with van der Waals surface area (Å²) in [4.78, 5) is 25.3. The van der Waals surface area contributed by atoms with E-state index in [4.69, 9.17) is 0 Å². The molecule has 1 saturated heterocycles. The number of amides is 2. The average molecular weight is 310 g/mol. The van der Waals surface area contributed by atoms with Gasteiger partial charge in [0.15, 0.2) is 0 Å². The number of nitrogens with zero attached hydrogens (tertiary/aromatic N) is 1. The SMILES string of the molecule is CCCC1(C(=O)O)CCN(C(=O)NCc2ccsc2)CC1. The molecule has 0 aliphatic carbocycles. The lowest BCUT2D eigenvalue weighted by molar-refractivity contribution is -0.152. The van der Waals surface area contributed by atoms with Gasteiger partial charge in [0, 0.05) is 19.6 Å². The lowest BCUT2D eigenvalue weighted by Crippen LogP contribution is -2.49. The van der Waals surface area contributed by atoms with E-state index < -0.39 is 11.4 Å². The van der Waals surface area contributed by atoms with Crippen LogP contribution < -0.4 is 5.32 Å². The van der Waals surface area contributed by atoms with Crippen molar-refractivity contribution >= 4 is 23.3 Å². The van der Waals surface area contributed by atoms with Gasteiger partial charge in [-0.25, -0.2) is 4.79 Å². The van der Waals surface area contributed by atoms with E-state index in [-0.39, 0.29) is 6.03 Å². The lowest BCUT2D eigenvalue weighted by atomic mass is 9.75. The van der Waals surface area contributed by atoms with Crippen LogP contribution in [0.4, 0.5) is 4.79 Å². The Bertz CT molecular complexity index is 479. The normalized spacial score (nSPS) is 17.5. The van der Waals surface area contributed by atoms with Crippen LogP contribution in [0.3, 0.4) is 0 Å². The molecule has 1 aliphatic heterocycles. The third-order valence-electron chi connectivity index (χ3n) is 4.21. The zero-order chi connectivity index (χ0) is 15.3. The molecule has 1 fully saturated rings. The number of likely N-dealkylation sites (tertiary alicyclic amines) is 1. The monoisotopic (exact) mass is 310 g/mol. The molecule has 6 heteroatoms. The molecular weight excluding hydrogens is 288 g/mol. The van der Waals surface area contributed by atoms with Gasteiger partial charge < -0.3 is 15.3 Å². The first-order chi connectivity index (χ1) is 10.1. The predicted octanol–water partition coefficient (Wildman–Crippen LogP) is 2.92. The van der Waals surface area contributed by atoms with Crippen molar-refractivity contribution in [3.8, 4) is 0 Å². The molecule has 1 aromatic rings. The standard InChI is InChI=1S/C15H22N2O3S/c1-2-4-15(13(18)19)5-7-17(8-6-15)14(20)16-10-12-3-9-21-11-12/h3,9,11H,2,4-8,10H2,1H3,(H,16,20)(H,18,19). The van der Waals surface area contributed by atoms with Gasteiger partial charge in [0.1, 0.15) is 0 Å². The first-order valence-corrected chi connectivity index (χ1v) is 8.29. The molecule has 1 aliphatic rings. The molecule has 2 rings (SSSR count). The molecule has 2 amide bonds. The van der Waals surface area contributed by atoms with Gasteiger partial charge in [0.25, 0.3) is 0 Å². The Morgan fingerprint density at radius 2 is 2.14 bits per heavy atom. The Morgan fingerprint density at radius 3 is 2.67 bits per heavy atom. The van der Waals surface area contributed by atoms with Crippen LogP contribution in [0.5, 0.6) is 0 Å². The van der Waals surface area contributed by atoms with Crippen LogP contribution in [0, 0.1) is 5.41 Å². The second kappa shape index (κ2) is 6.93. The fourth-order valence-electron chi connectivity index (χ4n) is 2.87. The Labute approximate surface area is 129 Å². The molecule has 21 heavy (non-hydrogen) atoms. The second-order valence-electron chi connectivity index (χ2n) is 5.61. The zero-order valence-electron chi connectivity index (χ0n) is 12.3. The highest BCUT2D eigenvalue weighted by Crippen LogP contribution is 2.36. The van der Waals surface area contributed by atoms with E-state index in [2.05, 4.69) is 5.32 Å². The van der Waals surface area contributed by atoms with E-state index in [9.17, 15) is 14.7 Å². The topological polar surface area (TPSA) is 69.6 Å². The smallest absolute Gasteiger partial charge is 0.317 e. The number of urea groups is 1. The first kappa shape index (κ1) is 15.8. The minimum absolute atomic E-state index is 0.100. The maximum Gasteiger partial charge on any atom is 0.317 e. The van der Waals surface area contributed by atoms with E-state index in [1.165, 1.54) is 0 Å².